The quantitative estimate of drug-likeness (QED) is 0.840. The van der Waals surface area contributed by atoms with Gasteiger partial charge in [0.15, 0.2) is 0 Å². The van der Waals surface area contributed by atoms with Crippen LogP contribution >= 0.6 is 27.5 Å². The van der Waals surface area contributed by atoms with E-state index in [1.807, 2.05) is 24.3 Å². The van der Waals surface area contributed by atoms with Crippen LogP contribution in [0.25, 0.3) is 0 Å². The summed E-state index contributed by atoms with van der Waals surface area (Å²) in [6.07, 6.45) is 0. The van der Waals surface area contributed by atoms with Crippen molar-refractivity contribution in [2.75, 3.05) is 0 Å². The van der Waals surface area contributed by atoms with Gasteiger partial charge in [-0.2, -0.15) is 0 Å². The summed E-state index contributed by atoms with van der Waals surface area (Å²) < 4.78 is 6.58. The number of ether oxygens (including phenoxy) is 1. The van der Waals surface area contributed by atoms with Crippen LogP contribution in [0.15, 0.2) is 46.9 Å². The lowest BCUT2D eigenvalue weighted by atomic mass is 9.80. The second-order valence-electron chi connectivity index (χ2n) is 3.98. The Hall–Kier alpha value is -1.01. The van der Waals surface area contributed by atoms with E-state index in [9.17, 15) is 0 Å². The monoisotopic (exact) mass is 340 g/mol. The number of hydrogen-bond acceptors (Lipinski definition) is 3. The first-order valence-corrected chi connectivity index (χ1v) is 6.76. The van der Waals surface area contributed by atoms with Gasteiger partial charge in [0.25, 0.3) is 0 Å². The molecule has 0 aromatic heterocycles. The van der Waals surface area contributed by atoms with Crippen LogP contribution in [0.2, 0.25) is 5.02 Å². The van der Waals surface area contributed by atoms with Crippen LogP contribution in [-0.2, 0) is 6.61 Å². The van der Waals surface area contributed by atoms with Crippen molar-refractivity contribution in [3.05, 3.63) is 57.5 Å². The minimum Gasteiger partial charge on any atom is -0.487 e. The number of rotatable bonds is 4. The van der Waals surface area contributed by atoms with Crippen molar-refractivity contribution >= 4 is 40.1 Å². The van der Waals surface area contributed by atoms with Gasteiger partial charge in [-0.1, -0.05) is 45.7 Å². The molecule has 0 radical (unpaired) electrons. The van der Waals surface area contributed by atoms with Gasteiger partial charge in [0, 0.05) is 4.47 Å². The number of hydrogen-bond donors (Lipinski definition) is 2. The van der Waals surface area contributed by atoms with E-state index in [0.29, 0.717) is 22.8 Å². The molecule has 0 unspecified atom stereocenters. The maximum absolute atomic E-state index is 9.03. The van der Waals surface area contributed by atoms with Crippen molar-refractivity contribution in [3.63, 3.8) is 0 Å². The van der Waals surface area contributed by atoms with Crippen LogP contribution in [0.4, 0.5) is 0 Å². The molecule has 2 N–H and O–H groups in total. The van der Waals surface area contributed by atoms with Gasteiger partial charge in [0.2, 0.25) is 0 Å². The van der Waals surface area contributed by atoms with E-state index in [2.05, 4.69) is 15.9 Å². The fraction of sp³-hybridized carbons (Fsp3) is 0.0769. The minimum atomic E-state index is -1.53. The second kappa shape index (κ2) is 6.43. The molecule has 0 amide bonds. The Morgan fingerprint density at radius 2 is 1.95 bits per heavy atom. The topological polar surface area (TPSA) is 49.7 Å². The molecule has 2 aromatic carbocycles. The van der Waals surface area contributed by atoms with Crippen LogP contribution in [0.3, 0.4) is 0 Å². The maximum Gasteiger partial charge on any atom is 0.488 e. The summed E-state index contributed by atoms with van der Waals surface area (Å²) in [5, 5.41) is 18.4. The summed E-state index contributed by atoms with van der Waals surface area (Å²) in [6.45, 7) is 0.389. The van der Waals surface area contributed by atoms with Gasteiger partial charge in [-0.3, -0.25) is 0 Å². The molecule has 2 rings (SSSR count). The van der Waals surface area contributed by atoms with E-state index in [0.717, 1.165) is 10.0 Å². The Bertz CT molecular complexity index is 578. The molecule has 0 aliphatic heterocycles. The molecule has 0 spiro atoms. The first-order valence-electron chi connectivity index (χ1n) is 5.59. The summed E-state index contributed by atoms with van der Waals surface area (Å²) in [4.78, 5) is 0. The van der Waals surface area contributed by atoms with E-state index in [-0.39, 0.29) is 0 Å². The van der Waals surface area contributed by atoms with Gasteiger partial charge in [-0.15, -0.1) is 0 Å². The molecule has 0 fully saturated rings. The zero-order chi connectivity index (χ0) is 13.8. The van der Waals surface area contributed by atoms with Crippen LogP contribution < -0.4 is 10.2 Å². The molecular formula is C13H11BBrClO3. The fourth-order valence-electron chi connectivity index (χ4n) is 1.58. The average molecular weight is 341 g/mol. The van der Waals surface area contributed by atoms with Crippen LogP contribution in [0, 0.1) is 0 Å². The number of halogens is 2. The normalized spacial score (nSPS) is 10.3. The van der Waals surface area contributed by atoms with Gasteiger partial charge < -0.3 is 14.8 Å². The van der Waals surface area contributed by atoms with E-state index in [4.69, 9.17) is 26.4 Å². The van der Waals surface area contributed by atoms with Crippen molar-refractivity contribution < 1.29 is 14.8 Å². The molecular weight excluding hydrogens is 330 g/mol. The third kappa shape index (κ3) is 3.98. The van der Waals surface area contributed by atoms with Gasteiger partial charge in [0.05, 0.1) is 5.02 Å². The Balaban J connectivity index is 2.07. The highest BCUT2D eigenvalue weighted by Crippen LogP contribution is 2.24. The Kier molecular flexibility index (Phi) is 4.88. The Morgan fingerprint density at radius 3 is 2.58 bits per heavy atom. The molecule has 2 aromatic rings. The predicted octanol–water partition coefficient (Wildman–Crippen LogP) is 2.36. The molecule has 0 bridgehead atoms. The van der Waals surface area contributed by atoms with Crippen molar-refractivity contribution in [3.8, 4) is 5.75 Å². The van der Waals surface area contributed by atoms with Crippen LogP contribution in [0.1, 0.15) is 5.56 Å². The molecule has 0 aliphatic rings. The molecule has 0 aliphatic carbocycles. The summed E-state index contributed by atoms with van der Waals surface area (Å²) in [6, 6.07) is 12.4. The Labute approximate surface area is 125 Å². The first kappa shape index (κ1) is 14.4. The highest BCUT2D eigenvalue weighted by molar-refractivity contribution is 9.10. The lowest BCUT2D eigenvalue weighted by Crippen LogP contribution is -2.29. The highest BCUT2D eigenvalue weighted by atomic mass is 79.9. The van der Waals surface area contributed by atoms with Crippen molar-refractivity contribution in [2.45, 2.75) is 6.61 Å². The zero-order valence-electron chi connectivity index (χ0n) is 9.88. The molecule has 98 valence electrons. The third-order valence-electron chi connectivity index (χ3n) is 2.54. The van der Waals surface area contributed by atoms with E-state index in [1.165, 1.54) is 6.07 Å². The van der Waals surface area contributed by atoms with E-state index < -0.39 is 7.12 Å². The summed E-state index contributed by atoms with van der Waals surface area (Å²) in [7, 11) is -1.53. The Morgan fingerprint density at radius 1 is 1.16 bits per heavy atom. The summed E-state index contributed by atoms with van der Waals surface area (Å²) >= 11 is 9.41. The summed E-state index contributed by atoms with van der Waals surface area (Å²) in [5.41, 5.74) is 1.34. The van der Waals surface area contributed by atoms with Gasteiger partial charge in [-0.05, 0) is 35.3 Å². The molecule has 3 nitrogen and oxygen atoms in total. The zero-order valence-corrected chi connectivity index (χ0v) is 12.2. The van der Waals surface area contributed by atoms with Crippen LogP contribution in [-0.4, -0.2) is 17.2 Å². The second-order valence-corrected chi connectivity index (χ2v) is 5.30. The predicted molar refractivity (Wildman–Crippen MR) is 79.8 cm³/mol. The molecule has 0 heterocycles. The maximum atomic E-state index is 9.03. The van der Waals surface area contributed by atoms with E-state index >= 15 is 0 Å². The van der Waals surface area contributed by atoms with Crippen molar-refractivity contribution in [1.82, 2.24) is 0 Å². The molecule has 19 heavy (non-hydrogen) atoms. The van der Waals surface area contributed by atoms with Gasteiger partial charge in [0.1, 0.15) is 12.4 Å². The lowest BCUT2D eigenvalue weighted by molar-refractivity contribution is 0.306. The largest absolute Gasteiger partial charge is 0.488 e. The smallest absolute Gasteiger partial charge is 0.487 e. The lowest BCUT2D eigenvalue weighted by Gasteiger charge is -2.09. The number of benzene rings is 2. The molecule has 0 saturated carbocycles. The third-order valence-corrected chi connectivity index (χ3v) is 3.33. The summed E-state index contributed by atoms with van der Waals surface area (Å²) in [5.74, 6) is 0.506. The molecule has 0 atom stereocenters. The molecule has 6 heteroatoms. The average Bonchev–Trinajstić information content (AvgIpc) is 2.37. The van der Waals surface area contributed by atoms with E-state index in [1.54, 1.807) is 12.1 Å². The SMILES string of the molecule is OB(O)c1ccc(OCc2cccc(Br)c2)c(Cl)c1. The standard InChI is InChI=1S/C13H11BBrClO3/c15-11-3-1-2-9(6-11)8-19-13-5-4-10(14(17)18)7-12(13)16/h1-7,17-18H,8H2. The van der Waals surface area contributed by atoms with Gasteiger partial charge in [-0.25, -0.2) is 0 Å². The van der Waals surface area contributed by atoms with Crippen molar-refractivity contribution in [2.24, 2.45) is 0 Å². The van der Waals surface area contributed by atoms with Crippen molar-refractivity contribution in [1.29, 1.82) is 0 Å². The van der Waals surface area contributed by atoms with Crippen LogP contribution in [0.5, 0.6) is 5.75 Å². The first-order chi connectivity index (χ1) is 9.06. The van der Waals surface area contributed by atoms with Gasteiger partial charge >= 0.3 is 7.12 Å². The molecule has 0 saturated heterocycles. The fourth-order valence-corrected chi connectivity index (χ4v) is 2.27. The highest BCUT2D eigenvalue weighted by Gasteiger charge is 2.13. The minimum absolute atomic E-state index is 0.333.